The molecule has 0 fully saturated rings. The summed E-state index contributed by atoms with van der Waals surface area (Å²) in [5.41, 5.74) is 32.5. The van der Waals surface area contributed by atoms with Gasteiger partial charge >= 0.3 is 0 Å². The number of hydrogen-bond donors (Lipinski definition) is 3. The summed E-state index contributed by atoms with van der Waals surface area (Å²) in [6.45, 7) is 5.05. The molecule has 0 unspecified atom stereocenters. The number of carbonyl (C=O) groups excluding carboxylic acids is 3. The van der Waals surface area contributed by atoms with E-state index in [-0.39, 0.29) is 37.0 Å². The average molecular weight is 1130 g/mol. The van der Waals surface area contributed by atoms with Gasteiger partial charge in [0.2, 0.25) is 0 Å². The Hall–Kier alpha value is -10.1. The van der Waals surface area contributed by atoms with Crippen LogP contribution >= 0.6 is 0 Å². The number of rotatable bonds is 14. The van der Waals surface area contributed by atoms with Gasteiger partial charge in [0.1, 0.15) is 42.6 Å². The molecule has 0 aliphatic carbocycles. The van der Waals surface area contributed by atoms with E-state index in [2.05, 4.69) is 63.9 Å². The van der Waals surface area contributed by atoms with Crippen molar-refractivity contribution in [3.63, 3.8) is 0 Å². The fourth-order valence-corrected chi connectivity index (χ4v) is 10.5. The van der Waals surface area contributed by atoms with E-state index < -0.39 is 0 Å². The van der Waals surface area contributed by atoms with E-state index in [0.717, 1.165) is 105 Å². The molecule has 0 amide bonds. The topological polar surface area (TPSA) is 250 Å². The summed E-state index contributed by atoms with van der Waals surface area (Å²) in [5.74, 6) is 3.97. The summed E-state index contributed by atoms with van der Waals surface area (Å²) >= 11 is 0. The lowest BCUT2D eigenvalue weighted by Crippen LogP contribution is -2.33. The van der Waals surface area contributed by atoms with Crippen LogP contribution in [0.4, 0.5) is 0 Å². The lowest BCUT2D eigenvalue weighted by atomic mass is 9.92. The van der Waals surface area contributed by atoms with Crippen molar-refractivity contribution in [3.05, 3.63) is 221 Å². The summed E-state index contributed by atoms with van der Waals surface area (Å²) in [6, 6.07) is 46.4. The van der Waals surface area contributed by atoms with Crippen molar-refractivity contribution in [1.29, 1.82) is 0 Å². The number of benzene rings is 6. The maximum Gasteiger partial charge on any atom is 0.184 e. The van der Waals surface area contributed by atoms with E-state index >= 15 is 0 Å². The summed E-state index contributed by atoms with van der Waals surface area (Å²) in [5, 5.41) is 4.61. The molecule has 4 aliphatic heterocycles. The first-order valence-corrected chi connectivity index (χ1v) is 27.7. The van der Waals surface area contributed by atoms with Gasteiger partial charge in [0.25, 0.3) is 0 Å². The zero-order valence-electron chi connectivity index (χ0n) is 47.0. The Bertz CT molecular complexity index is 4060. The summed E-state index contributed by atoms with van der Waals surface area (Å²) < 4.78 is 24.4. The predicted octanol–water partition coefficient (Wildman–Crippen LogP) is 9.50. The number of ether oxygens (including phenoxy) is 4. The van der Waals surface area contributed by atoms with Crippen LogP contribution in [0.1, 0.15) is 59.0 Å². The fourth-order valence-electron chi connectivity index (χ4n) is 10.5. The smallest absolute Gasteiger partial charge is 0.184 e. The van der Waals surface area contributed by atoms with Gasteiger partial charge in [-0.2, -0.15) is 5.10 Å². The van der Waals surface area contributed by atoms with Crippen molar-refractivity contribution in [1.82, 2.24) is 24.6 Å². The lowest BCUT2D eigenvalue weighted by molar-refractivity contribution is 0.0992. The third-order valence-corrected chi connectivity index (χ3v) is 14.9. The van der Waals surface area contributed by atoms with Crippen molar-refractivity contribution in [2.75, 3.05) is 60.0 Å². The molecular weight excluding hydrogens is 1070 g/mol. The number of para-hydroxylation sites is 2. The van der Waals surface area contributed by atoms with Crippen molar-refractivity contribution in [2.24, 2.45) is 32.2 Å². The number of aromatic nitrogens is 4. The van der Waals surface area contributed by atoms with E-state index in [9.17, 15) is 14.4 Å². The first kappa shape index (κ1) is 56.7. The molecule has 7 heterocycles. The highest BCUT2D eigenvalue weighted by Gasteiger charge is 2.26. The van der Waals surface area contributed by atoms with Crippen LogP contribution in [0.25, 0.3) is 33.4 Å². The van der Waals surface area contributed by atoms with Crippen LogP contribution < -0.4 is 36.1 Å². The number of pyridine rings is 2. The van der Waals surface area contributed by atoms with E-state index in [0.29, 0.717) is 59.5 Å². The molecule has 13 rings (SSSR count). The average Bonchev–Trinajstić information content (AvgIpc) is 3.40. The summed E-state index contributed by atoms with van der Waals surface area (Å²) in [4.78, 5) is 60.4. The minimum Gasteiger partial charge on any atom is -0.497 e. The molecule has 0 spiro atoms. The molecule has 6 N–H and O–H groups in total. The van der Waals surface area contributed by atoms with Crippen LogP contribution in [0.15, 0.2) is 192 Å². The standard InChI is InChI=1S/C23H23N5O.2C22H19N3O3/c24-11-21-19-10-17(6-7-18(19)23(29)13-25-21)20-12-26-28-9-8-27(15-22(20)28)14-16-4-2-1-3-5-16;1-27-16-3-5-17(6-4-16)28-18-8-15(11-24-12-18)14-2-7-19-20(9-14)21(10-23)25-13-22(19)26;1-27-21-4-2-3-5-22(21)28-16-8-15(11-24-12-16)14-6-7-17-18(9-14)19(10-23)25-13-20(17)26/h1-7,10,12H,8-9,11,13-15,24H2;2*2-9,11-12H,10,13,23H2,1H3. The van der Waals surface area contributed by atoms with E-state index in [1.54, 1.807) is 39.0 Å². The Morgan fingerprint density at radius 2 is 0.929 bits per heavy atom. The van der Waals surface area contributed by atoms with Gasteiger partial charge in [-0.3, -0.25) is 48.9 Å². The van der Waals surface area contributed by atoms with Crippen molar-refractivity contribution in [2.45, 2.75) is 19.6 Å². The van der Waals surface area contributed by atoms with E-state index in [4.69, 9.17) is 36.1 Å². The fraction of sp³-hybridized carbons (Fsp3) is 0.179. The van der Waals surface area contributed by atoms with Crippen LogP contribution in [0.5, 0.6) is 34.5 Å². The number of aliphatic imine (C=N–C) groups is 3. The number of nitrogens with zero attached hydrogens (tertiary/aromatic N) is 8. The van der Waals surface area contributed by atoms with Crippen LogP contribution in [-0.2, 0) is 19.6 Å². The highest BCUT2D eigenvalue weighted by molar-refractivity contribution is 6.18. The number of fused-ring (bicyclic) bond motifs is 4. The normalized spacial score (nSPS) is 14.1. The number of carbonyl (C=O) groups is 3. The van der Waals surface area contributed by atoms with Crippen molar-refractivity contribution in [3.8, 4) is 67.9 Å². The van der Waals surface area contributed by atoms with Gasteiger partial charge in [0, 0.05) is 102 Å². The molecule has 85 heavy (non-hydrogen) atoms. The highest BCUT2D eigenvalue weighted by Crippen LogP contribution is 2.35. The zero-order chi connectivity index (χ0) is 58.8. The van der Waals surface area contributed by atoms with Gasteiger partial charge < -0.3 is 36.1 Å². The Morgan fingerprint density at radius 3 is 1.46 bits per heavy atom. The molecule has 4 aliphatic rings. The Morgan fingerprint density at radius 1 is 0.435 bits per heavy atom. The molecule has 18 heteroatoms. The molecule has 9 aromatic rings. The zero-order valence-corrected chi connectivity index (χ0v) is 47.0. The maximum absolute atomic E-state index is 12.2. The Labute approximate surface area is 491 Å². The van der Waals surface area contributed by atoms with Gasteiger partial charge in [-0.25, -0.2) is 0 Å². The van der Waals surface area contributed by atoms with Crippen molar-refractivity contribution < 1.29 is 33.3 Å². The van der Waals surface area contributed by atoms with Gasteiger partial charge in [0.15, 0.2) is 28.8 Å². The number of nitrogens with two attached hydrogens (primary N) is 3. The van der Waals surface area contributed by atoms with Crippen LogP contribution in [0.2, 0.25) is 0 Å². The minimum absolute atomic E-state index is 0.00475. The number of methoxy groups -OCH3 is 2. The number of ketones is 3. The third kappa shape index (κ3) is 12.8. The SMILES string of the molecule is COc1ccc(Oc2cncc(-c3ccc4c(c3)C(CN)=NCC4=O)c2)cc1.COc1ccccc1Oc1cncc(-c2ccc3c(c2)C(CN)=NCC3=O)c1.NCC1=NCC(=O)c2ccc(-c3cnn4c3CN(Cc3ccccc3)CC4)cc21. The molecule has 0 atom stereocenters. The van der Waals surface area contributed by atoms with Gasteiger partial charge in [0.05, 0.1) is 62.2 Å². The lowest BCUT2D eigenvalue weighted by Gasteiger charge is -2.28. The molecule has 3 aromatic heterocycles. The molecule has 6 aromatic carbocycles. The second-order valence-electron chi connectivity index (χ2n) is 20.2. The van der Waals surface area contributed by atoms with Gasteiger partial charge in [-0.1, -0.05) is 78.9 Å². The molecule has 426 valence electrons. The Balaban J connectivity index is 0.000000133. The monoisotopic (exact) mass is 1130 g/mol. The molecular formula is C67H61N11O7. The molecule has 0 saturated heterocycles. The number of Topliss-reactive ketones (excluding diaryl/α,β-unsaturated/α-hetero) is 3. The predicted molar refractivity (Wildman–Crippen MR) is 328 cm³/mol. The highest BCUT2D eigenvalue weighted by atomic mass is 16.5. The third-order valence-electron chi connectivity index (χ3n) is 14.9. The minimum atomic E-state index is 0.00475. The first-order chi connectivity index (χ1) is 41.6. The second-order valence-corrected chi connectivity index (χ2v) is 20.2. The quantitative estimate of drug-likeness (QED) is 0.0917. The van der Waals surface area contributed by atoms with Crippen LogP contribution in [-0.4, -0.2) is 119 Å². The molecule has 0 radical (unpaired) electrons. The summed E-state index contributed by atoms with van der Waals surface area (Å²) in [7, 11) is 3.22. The Kier molecular flexibility index (Phi) is 17.4. The summed E-state index contributed by atoms with van der Waals surface area (Å²) in [6.07, 6.45) is 8.74. The molecule has 18 nitrogen and oxygen atoms in total. The van der Waals surface area contributed by atoms with Crippen LogP contribution in [0, 0.1) is 0 Å². The molecule has 0 bridgehead atoms. The van der Waals surface area contributed by atoms with Crippen molar-refractivity contribution >= 4 is 34.5 Å². The maximum atomic E-state index is 12.2. The van der Waals surface area contributed by atoms with Crippen LogP contribution in [0.3, 0.4) is 0 Å². The van der Waals surface area contributed by atoms with Gasteiger partial charge in [-0.15, -0.1) is 0 Å². The molecule has 0 saturated carbocycles. The van der Waals surface area contributed by atoms with E-state index in [1.165, 1.54) is 11.3 Å². The second kappa shape index (κ2) is 26.0. The van der Waals surface area contributed by atoms with Gasteiger partial charge in [-0.05, 0) is 89.0 Å². The first-order valence-electron chi connectivity index (χ1n) is 27.7. The number of hydrogen-bond acceptors (Lipinski definition) is 17. The largest absolute Gasteiger partial charge is 0.497 e. The van der Waals surface area contributed by atoms with E-state index in [1.807, 2.05) is 128 Å².